The monoisotopic (exact) mass is 304 g/mol. The van der Waals surface area contributed by atoms with Crippen molar-refractivity contribution in [1.29, 1.82) is 0 Å². The van der Waals surface area contributed by atoms with Crippen molar-refractivity contribution in [2.45, 2.75) is 38.2 Å². The summed E-state index contributed by atoms with van der Waals surface area (Å²) in [4.78, 5) is 22.9. The van der Waals surface area contributed by atoms with E-state index in [0.717, 1.165) is 12.2 Å². The number of carbonyl (C=O) groups is 1. The molecule has 0 bridgehead atoms. The Bertz CT molecular complexity index is 557. The third-order valence-corrected chi connectivity index (χ3v) is 4.80. The molecule has 0 spiro atoms. The van der Waals surface area contributed by atoms with Gasteiger partial charge in [0.2, 0.25) is 0 Å². The summed E-state index contributed by atoms with van der Waals surface area (Å²) in [6.45, 7) is 7.57. The number of nitrogens with two attached hydrogens (primary N) is 1. The summed E-state index contributed by atoms with van der Waals surface area (Å²) in [5.74, 6) is 1.62. The van der Waals surface area contributed by atoms with Crippen LogP contribution in [0.4, 0.5) is 4.79 Å². The molecule has 2 aliphatic rings. The van der Waals surface area contributed by atoms with E-state index in [1.807, 2.05) is 26.8 Å². The van der Waals surface area contributed by atoms with E-state index in [9.17, 15) is 4.79 Å². The lowest BCUT2D eigenvalue weighted by Gasteiger charge is -2.29. The molecular formula is C16H24N4O2. The van der Waals surface area contributed by atoms with Crippen LogP contribution in [0.1, 0.15) is 33.0 Å². The summed E-state index contributed by atoms with van der Waals surface area (Å²) in [7, 11) is 0. The molecule has 1 aliphatic carbocycles. The predicted molar refractivity (Wildman–Crippen MR) is 82.2 cm³/mol. The van der Waals surface area contributed by atoms with Crippen LogP contribution in [-0.4, -0.2) is 46.2 Å². The van der Waals surface area contributed by atoms with Crippen LogP contribution >= 0.6 is 0 Å². The van der Waals surface area contributed by atoms with Crippen molar-refractivity contribution in [3.63, 3.8) is 0 Å². The van der Waals surface area contributed by atoms with Crippen LogP contribution in [0.2, 0.25) is 0 Å². The zero-order valence-corrected chi connectivity index (χ0v) is 13.5. The highest BCUT2D eigenvalue weighted by Gasteiger charge is 2.67. The van der Waals surface area contributed by atoms with Crippen molar-refractivity contribution in [2.75, 3.05) is 19.6 Å². The van der Waals surface area contributed by atoms with Crippen LogP contribution in [-0.2, 0) is 10.2 Å². The van der Waals surface area contributed by atoms with Gasteiger partial charge in [-0.2, -0.15) is 0 Å². The highest BCUT2D eigenvalue weighted by Crippen LogP contribution is 2.61. The van der Waals surface area contributed by atoms with E-state index in [-0.39, 0.29) is 11.5 Å². The first-order valence-corrected chi connectivity index (χ1v) is 7.84. The van der Waals surface area contributed by atoms with E-state index in [4.69, 9.17) is 10.5 Å². The van der Waals surface area contributed by atoms with Crippen LogP contribution < -0.4 is 5.73 Å². The number of piperidine rings is 1. The number of hydrogen-bond donors (Lipinski definition) is 1. The number of hydrogen-bond acceptors (Lipinski definition) is 5. The van der Waals surface area contributed by atoms with Gasteiger partial charge in [0.05, 0.1) is 5.41 Å². The van der Waals surface area contributed by atoms with Gasteiger partial charge in [-0.3, -0.25) is 0 Å². The molecule has 3 unspecified atom stereocenters. The van der Waals surface area contributed by atoms with E-state index in [2.05, 4.69) is 9.97 Å². The van der Waals surface area contributed by atoms with Gasteiger partial charge in [-0.1, -0.05) is 0 Å². The van der Waals surface area contributed by atoms with Gasteiger partial charge in [0.15, 0.2) is 0 Å². The van der Waals surface area contributed by atoms with E-state index in [1.165, 1.54) is 0 Å². The number of nitrogens with zero attached hydrogens (tertiary/aromatic N) is 3. The SMILES string of the molecule is CC(C)(C)OC(=O)N1CCC2C(C1)C2(CN)c1ncccn1. The normalized spacial score (nSPS) is 30.6. The Labute approximate surface area is 131 Å². The molecule has 0 aromatic carbocycles. The number of carbonyl (C=O) groups excluding carboxylic acids is 1. The number of likely N-dealkylation sites (tertiary alicyclic amines) is 1. The fraction of sp³-hybridized carbons (Fsp3) is 0.688. The minimum Gasteiger partial charge on any atom is -0.444 e. The number of fused-ring (bicyclic) bond motifs is 1. The molecule has 3 atom stereocenters. The summed E-state index contributed by atoms with van der Waals surface area (Å²) in [5.41, 5.74) is 5.43. The Morgan fingerprint density at radius 1 is 1.41 bits per heavy atom. The molecular weight excluding hydrogens is 280 g/mol. The smallest absolute Gasteiger partial charge is 0.410 e. The van der Waals surface area contributed by atoms with Gasteiger partial charge in [0, 0.05) is 32.0 Å². The van der Waals surface area contributed by atoms with Crippen LogP contribution in [0.15, 0.2) is 18.5 Å². The lowest BCUT2D eigenvalue weighted by Crippen LogP contribution is -2.41. The molecule has 1 aromatic heterocycles. The lowest BCUT2D eigenvalue weighted by molar-refractivity contribution is 0.0206. The van der Waals surface area contributed by atoms with Crippen LogP contribution in [0.5, 0.6) is 0 Å². The Morgan fingerprint density at radius 2 is 2.09 bits per heavy atom. The molecule has 1 aliphatic heterocycles. The number of rotatable bonds is 2. The maximum absolute atomic E-state index is 12.3. The number of ether oxygens (including phenoxy) is 1. The summed E-state index contributed by atoms with van der Waals surface area (Å²) in [6.07, 6.45) is 4.21. The first-order valence-electron chi connectivity index (χ1n) is 7.84. The molecule has 2 N–H and O–H groups in total. The van der Waals surface area contributed by atoms with E-state index in [1.54, 1.807) is 17.3 Å². The van der Waals surface area contributed by atoms with Crippen molar-refractivity contribution in [3.8, 4) is 0 Å². The highest BCUT2D eigenvalue weighted by molar-refractivity contribution is 5.68. The van der Waals surface area contributed by atoms with Crippen LogP contribution in [0.25, 0.3) is 0 Å². The molecule has 6 nitrogen and oxygen atoms in total. The Balaban J connectivity index is 1.73. The zero-order chi connectivity index (χ0) is 16.0. The summed E-state index contributed by atoms with van der Waals surface area (Å²) in [5, 5.41) is 0. The molecule has 0 radical (unpaired) electrons. The second kappa shape index (κ2) is 5.19. The molecule has 1 aromatic rings. The second-order valence-electron chi connectivity index (χ2n) is 7.24. The Morgan fingerprint density at radius 3 is 2.68 bits per heavy atom. The zero-order valence-electron chi connectivity index (χ0n) is 13.5. The molecule has 1 saturated carbocycles. The predicted octanol–water partition coefficient (Wildman–Crippen LogP) is 1.56. The lowest BCUT2D eigenvalue weighted by atomic mass is 10.0. The molecule has 6 heteroatoms. The summed E-state index contributed by atoms with van der Waals surface area (Å²) >= 11 is 0. The summed E-state index contributed by atoms with van der Waals surface area (Å²) in [6, 6.07) is 1.81. The quantitative estimate of drug-likeness (QED) is 0.896. The largest absolute Gasteiger partial charge is 0.444 e. The first kappa shape index (κ1) is 15.2. The average Bonchev–Trinajstić information content (AvgIpc) is 3.14. The van der Waals surface area contributed by atoms with Gasteiger partial charge in [-0.15, -0.1) is 0 Å². The standard InChI is InChI=1S/C16H24N4O2/c1-15(2,3)22-14(21)20-8-5-11-12(9-20)16(11,10-17)13-18-6-4-7-19-13/h4,6-7,11-12H,5,8-10,17H2,1-3H3. The molecule has 1 amide bonds. The van der Waals surface area contributed by atoms with Gasteiger partial charge >= 0.3 is 6.09 Å². The molecule has 2 fully saturated rings. The average molecular weight is 304 g/mol. The number of amides is 1. The molecule has 120 valence electrons. The van der Waals surface area contributed by atoms with E-state index < -0.39 is 5.60 Å². The maximum atomic E-state index is 12.3. The van der Waals surface area contributed by atoms with Gasteiger partial charge in [0.25, 0.3) is 0 Å². The van der Waals surface area contributed by atoms with Crippen molar-refractivity contribution < 1.29 is 9.53 Å². The highest BCUT2D eigenvalue weighted by atomic mass is 16.6. The molecule has 3 rings (SSSR count). The minimum atomic E-state index is -0.467. The fourth-order valence-corrected chi connectivity index (χ4v) is 3.73. The van der Waals surface area contributed by atoms with Crippen LogP contribution in [0, 0.1) is 11.8 Å². The van der Waals surface area contributed by atoms with Gasteiger partial charge in [0.1, 0.15) is 11.4 Å². The van der Waals surface area contributed by atoms with Crippen molar-refractivity contribution in [1.82, 2.24) is 14.9 Å². The van der Waals surface area contributed by atoms with Gasteiger partial charge < -0.3 is 15.4 Å². The third-order valence-electron chi connectivity index (χ3n) is 4.80. The molecule has 1 saturated heterocycles. The topological polar surface area (TPSA) is 81.3 Å². The second-order valence-corrected chi connectivity index (χ2v) is 7.24. The Kier molecular flexibility index (Phi) is 3.59. The maximum Gasteiger partial charge on any atom is 0.410 e. The third kappa shape index (κ3) is 2.45. The molecule has 22 heavy (non-hydrogen) atoms. The minimum absolute atomic E-state index is 0.169. The van der Waals surface area contributed by atoms with Gasteiger partial charge in [-0.05, 0) is 45.1 Å². The van der Waals surface area contributed by atoms with Crippen molar-refractivity contribution in [2.24, 2.45) is 17.6 Å². The van der Waals surface area contributed by atoms with E-state index in [0.29, 0.717) is 31.5 Å². The van der Waals surface area contributed by atoms with Gasteiger partial charge in [-0.25, -0.2) is 14.8 Å². The van der Waals surface area contributed by atoms with Crippen LogP contribution in [0.3, 0.4) is 0 Å². The number of aromatic nitrogens is 2. The Hall–Kier alpha value is -1.69. The summed E-state index contributed by atoms with van der Waals surface area (Å²) < 4.78 is 5.48. The van der Waals surface area contributed by atoms with Crippen molar-refractivity contribution in [3.05, 3.63) is 24.3 Å². The fourth-order valence-electron chi connectivity index (χ4n) is 3.73. The van der Waals surface area contributed by atoms with Crippen molar-refractivity contribution >= 4 is 6.09 Å². The van der Waals surface area contributed by atoms with E-state index >= 15 is 0 Å². The molecule has 2 heterocycles. The first-order chi connectivity index (χ1) is 10.4.